The second-order valence-corrected chi connectivity index (χ2v) is 4.13. The molecule has 1 aromatic rings. The highest BCUT2D eigenvalue weighted by molar-refractivity contribution is 6.30. The third-order valence-electron chi connectivity index (χ3n) is 2.62. The van der Waals surface area contributed by atoms with Crippen LogP contribution in [0.4, 0.5) is 4.48 Å². The molecule has 1 N–H and O–H groups in total. The summed E-state index contributed by atoms with van der Waals surface area (Å²) >= 11 is 5.50. The van der Waals surface area contributed by atoms with E-state index in [-0.39, 0.29) is 12.7 Å². The highest BCUT2D eigenvalue weighted by Crippen LogP contribution is 2.26. The van der Waals surface area contributed by atoms with Gasteiger partial charge in [-0.1, -0.05) is 20.9 Å². The number of aromatic nitrogens is 2. The molecule has 8 heteroatoms. The SMILES string of the molecule is O=c1c(Cl)cn([C@@H]2CC[C@H](CO)O2)c(=O)n1F. The molecular formula is C9H10ClFN2O4. The molecule has 0 spiro atoms. The van der Waals surface area contributed by atoms with E-state index in [1.54, 1.807) is 0 Å². The molecule has 1 aromatic heterocycles. The van der Waals surface area contributed by atoms with Gasteiger partial charge < -0.3 is 9.84 Å². The highest BCUT2D eigenvalue weighted by Gasteiger charge is 2.28. The molecule has 2 rings (SSSR count). The van der Waals surface area contributed by atoms with Crippen LogP contribution in [0.2, 0.25) is 5.02 Å². The molecule has 0 bridgehead atoms. The number of nitrogens with zero attached hydrogens (tertiary/aromatic N) is 2. The lowest BCUT2D eigenvalue weighted by molar-refractivity contribution is -0.0262. The Balaban J connectivity index is 2.41. The largest absolute Gasteiger partial charge is 0.394 e. The van der Waals surface area contributed by atoms with Crippen molar-refractivity contribution in [1.82, 2.24) is 9.36 Å². The monoisotopic (exact) mass is 264 g/mol. The predicted molar refractivity (Wildman–Crippen MR) is 56.7 cm³/mol. The van der Waals surface area contributed by atoms with Crippen LogP contribution in [-0.2, 0) is 4.74 Å². The summed E-state index contributed by atoms with van der Waals surface area (Å²) in [7, 11) is 0. The molecule has 6 nitrogen and oxygen atoms in total. The zero-order valence-corrected chi connectivity index (χ0v) is 9.43. The van der Waals surface area contributed by atoms with Gasteiger partial charge in [-0.05, 0) is 12.8 Å². The Kier molecular flexibility index (Phi) is 3.32. The number of hydrogen-bond donors (Lipinski definition) is 1. The standard InChI is InChI=1S/C9H10ClFN2O4/c10-6-3-12(9(16)13(11)8(6)15)7-2-1-5(4-14)17-7/h3,5,7,14H,1-2,4H2/t5-,7+/m1/s1. The van der Waals surface area contributed by atoms with E-state index in [1.807, 2.05) is 0 Å². The topological polar surface area (TPSA) is 73.5 Å². The highest BCUT2D eigenvalue weighted by atomic mass is 35.5. The van der Waals surface area contributed by atoms with E-state index in [1.165, 1.54) is 0 Å². The average molecular weight is 265 g/mol. The Bertz CT molecular complexity index is 541. The van der Waals surface area contributed by atoms with Crippen molar-refractivity contribution in [3.8, 4) is 0 Å². The summed E-state index contributed by atoms with van der Waals surface area (Å²) in [5.74, 6) is 0. The summed E-state index contributed by atoms with van der Waals surface area (Å²) < 4.78 is 19.4. The molecule has 1 aliphatic heterocycles. The van der Waals surface area contributed by atoms with Crippen LogP contribution in [0.5, 0.6) is 0 Å². The van der Waals surface area contributed by atoms with E-state index in [4.69, 9.17) is 21.4 Å². The smallest absolute Gasteiger partial charge is 0.362 e. The van der Waals surface area contributed by atoms with Gasteiger partial charge >= 0.3 is 11.2 Å². The Morgan fingerprint density at radius 3 is 2.82 bits per heavy atom. The Labute approximate surface area is 99.7 Å². The van der Waals surface area contributed by atoms with E-state index in [9.17, 15) is 14.1 Å². The van der Waals surface area contributed by atoms with E-state index in [2.05, 4.69) is 0 Å². The number of ether oxygens (including phenoxy) is 1. The lowest BCUT2D eigenvalue weighted by Crippen LogP contribution is -2.37. The second-order valence-electron chi connectivity index (χ2n) is 3.73. The van der Waals surface area contributed by atoms with Crippen LogP contribution in [0.25, 0.3) is 0 Å². The molecule has 17 heavy (non-hydrogen) atoms. The molecule has 94 valence electrons. The van der Waals surface area contributed by atoms with Crippen LogP contribution < -0.4 is 11.2 Å². The summed E-state index contributed by atoms with van der Waals surface area (Å²) in [6.07, 6.45) is 0.952. The first-order chi connectivity index (χ1) is 8.04. The van der Waals surface area contributed by atoms with Gasteiger partial charge in [0.25, 0.3) is 0 Å². The first-order valence-corrected chi connectivity index (χ1v) is 5.38. The van der Waals surface area contributed by atoms with Crippen molar-refractivity contribution in [2.75, 3.05) is 6.61 Å². The van der Waals surface area contributed by atoms with Crippen LogP contribution in [0, 0.1) is 0 Å². The van der Waals surface area contributed by atoms with Crippen LogP contribution in [0.3, 0.4) is 0 Å². The van der Waals surface area contributed by atoms with Gasteiger partial charge in [-0.15, -0.1) is 0 Å². The summed E-state index contributed by atoms with van der Waals surface area (Å²) in [4.78, 5) is 22.0. The van der Waals surface area contributed by atoms with Gasteiger partial charge in [-0.2, -0.15) is 0 Å². The Hall–Kier alpha value is -1.18. The van der Waals surface area contributed by atoms with Gasteiger partial charge in [0.2, 0.25) is 0 Å². The molecule has 1 fully saturated rings. The van der Waals surface area contributed by atoms with Crippen molar-refractivity contribution in [3.05, 3.63) is 32.1 Å². The molecule has 0 radical (unpaired) electrons. The maximum absolute atomic E-state index is 13.2. The van der Waals surface area contributed by atoms with Gasteiger partial charge in [0.15, 0.2) is 0 Å². The Morgan fingerprint density at radius 2 is 2.24 bits per heavy atom. The zero-order valence-electron chi connectivity index (χ0n) is 8.68. The van der Waals surface area contributed by atoms with Crippen molar-refractivity contribution in [2.45, 2.75) is 25.2 Å². The van der Waals surface area contributed by atoms with Crippen LogP contribution >= 0.6 is 11.6 Å². The molecule has 2 heterocycles. The third-order valence-corrected chi connectivity index (χ3v) is 2.88. The number of rotatable bonds is 2. The summed E-state index contributed by atoms with van der Waals surface area (Å²) in [6.45, 7) is -0.172. The maximum Gasteiger partial charge on any atom is 0.362 e. The summed E-state index contributed by atoms with van der Waals surface area (Å²) in [5.41, 5.74) is -2.33. The first-order valence-electron chi connectivity index (χ1n) is 5.00. The number of aliphatic hydroxyl groups is 1. The predicted octanol–water partition coefficient (Wildman–Crippen LogP) is 0.0659. The van der Waals surface area contributed by atoms with Gasteiger partial charge in [-0.25, -0.2) is 4.79 Å². The van der Waals surface area contributed by atoms with Gasteiger partial charge in [0, 0.05) is 6.20 Å². The quantitative estimate of drug-likeness (QED) is 0.820. The molecule has 0 unspecified atom stereocenters. The first kappa shape index (κ1) is 12.3. The zero-order chi connectivity index (χ0) is 12.6. The number of aliphatic hydroxyl groups excluding tert-OH is 1. The maximum atomic E-state index is 13.2. The molecule has 1 saturated heterocycles. The number of halogens is 2. The molecular weight excluding hydrogens is 255 g/mol. The minimum absolute atomic E-state index is 0.172. The minimum Gasteiger partial charge on any atom is -0.394 e. The fourth-order valence-corrected chi connectivity index (χ4v) is 1.93. The second kappa shape index (κ2) is 4.59. The van der Waals surface area contributed by atoms with Crippen molar-refractivity contribution >= 4 is 11.6 Å². The van der Waals surface area contributed by atoms with E-state index < -0.39 is 27.3 Å². The Morgan fingerprint density at radius 1 is 1.53 bits per heavy atom. The molecule has 0 saturated carbocycles. The minimum atomic E-state index is -1.19. The lowest BCUT2D eigenvalue weighted by atomic mass is 10.2. The van der Waals surface area contributed by atoms with Crippen molar-refractivity contribution in [3.63, 3.8) is 0 Å². The fourth-order valence-electron chi connectivity index (χ4n) is 1.75. The van der Waals surface area contributed by atoms with E-state index in [0.29, 0.717) is 12.8 Å². The lowest BCUT2D eigenvalue weighted by Gasteiger charge is -2.15. The van der Waals surface area contributed by atoms with Gasteiger partial charge in [-0.3, -0.25) is 9.36 Å². The van der Waals surface area contributed by atoms with Gasteiger partial charge in [0.1, 0.15) is 11.3 Å². The fraction of sp³-hybridized carbons (Fsp3) is 0.556. The third kappa shape index (κ3) is 2.13. The van der Waals surface area contributed by atoms with Gasteiger partial charge in [0.05, 0.1) is 12.7 Å². The normalized spacial score (nSPS) is 24.2. The summed E-state index contributed by atoms with van der Waals surface area (Å²) in [5, 5.41) is 8.49. The average Bonchev–Trinajstić information content (AvgIpc) is 2.79. The van der Waals surface area contributed by atoms with Crippen molar-refractivity contribution in [2.24, 2.45) is 0 Å². The molecule has 2 atom stereocenters. The molecule has 0 aromatic carbocycles. The van der Waals surface area contributed by atoms with E-state index in [0.717, 1.165) is 10.8 Å². The van der Waals surface area contributed by atoms with Crippen LogP contribution in [-0.4, -0.2) is 27.2 Å². The number of hydrogen-bond acceptors (Lipinski definition) is 4. The summed E-state index contributed by atoms with van der Waals surface area (Å²) in [6, 6.07) is 0. The molecule has 0 amide bonds. The van der Waals surface area contributed by atoms with Crippen molar-refractivity contribution in [1.29, 1.82) is 0 Å². The molecule has 0 aliphatic carbocycles. The van der Waals surface area contributed by atoms with Crippen LogP contribution in [0.15, 0.2) is 15.8 Å². The van der Waals surface area contributed by atoms with Crippen molar-refractivity contribution < 1.29 is 14.3 Å². The molecule has 1 aliphatic rings. The van der Waals surface area contributed by atoms with Crippen LogP contribution in [0.1, 0.15) is 19.1 Å². The van der Waals surface area contributed by atoms with E-state index >= 15 is 0 Å².